The molecule has 0 bridgehead atoms. The van der Waals surface area contributed by atoms with Crippen molar-refractivity contribution in [3.8, 4) is 5.75 Å². The molecule has 0 radical (unpaired) electrons. The van der Waals surface area contributed by atoms with E-state index in [-0.39, 0.29) is 0 Å². The van der Waals surface area contributed by atoms with Crippen LogP contribution in [0.15, 0.2) is 22.7 Å². The smallest absolute Gasteiger partial charge is 0.226 e. The summed E-state index contributed by atoms with van der Waals surface area (Å²) in [5.74, 6) is 2.00. The molecule has 102 valence electrons. The molecule has 2 rings (SSSR count). The van der Waals surface area contributed by atoms with Gasteiger partial charge in [0.25, 0.3) is 0 Å². The number of nitrogens with zero attached hydrogens (tertiary/aromatic N) is 2. The zero-order valence-electron chi connectivity index (χ0n) is 11.3. The van der Waals surface area contributed by atoms with E-state index >= 15 is 0 Å². The first-order valence-electron chi connectivity index (χ1n) is 6.40. The monoisotopic (exact) mass is 261 g/mol. The Balaban J connectivity index is 1.92. The number of aryl methyl sites for hydroxylation is 3. The Bertz CT molecular complexity index is 517. The second kappa shape index (κ2) is 6.33. The number of rotatable bonds is 6. The maximum Gasteiger partial charge on any atom is 0.226 e. The molecule has 0 aliphatic rings. The van der Waals surface area contributed by atoms with Gasteiger partial charge in [0.2, 0.25) is 11.7 Å². The minimum atomic E-state index is 0.315. The summed E-state index contributed by atoms with van der Waals surface area (Å²) in [5.41, 5.74) is 7.78. The van der Waals surface area contributed by atoms with E-state index in [4.69, 9.17) is 15.0 Å². The van der Waals surface area contributed by atoms with Crippen LogP contribution in [0.25, 0.3) is 0 Å². The molecule has 0 unspecified atom stereocenters. The van der Waals surface area contributed by atoms with Gasteiger partial charge >= 0.3 is 0 Å². The van der Waals surface area contributed by atoms with Crippen molar-refractivity contribution in [1.29, 1.82) is 0 Å². The Morgan fingerprint density at radius 2 is 1.95 bits per heavy atom. The quantitative estimate of drug-likeness (QED) is 0.862. The van der Waals surface area contributed by atoms with Crippen molar-refractivity contribution >= 4 is 0 Å². The number of nitrogens with two attached hydrogens (primary N) is 1. The zero-order chi connectivity index (χ0) is 13.7. The van der Waals surface area contributed by atoms with Gasteiger partial charge in [-0.1, -0.05) is 11.2 Å². The molecule has 1 aromatic carbocycles. The number of ether oxygens (including phenoxy) is 1. The number of hydrogen-bond acceptors (Lipinski definition) is 5. The Morgan fingerprint density at radius 3 is 2.63 bits per heavy atom. The maximum absolute atomic E-state index is 5.66. The van der Waals surface area contributed by atoms with Gasteiger partial charge in [0.05, 0.1) is 0 Å². The Morgan fingerprint density at radius 1 is 1.21 bits per heavy atom. The van der Waals surface area contributed by atoms with Crippen molar-refractivity contribution in [3.63, 3.8) is 0 Å². The van der Waals surface area contributed by atoms with Gasteiger partial charge in [-0.3, -0.25) is 0 Å². The van der Waals surface area contributed by atoms with Gasteiger partial charge in [-0.05, 0) is 50.1 Å². The predicted molar refractivity (Wildman–Crippen MR) is 71.9 cm³/mol. The lowest BCUT2D eigenvalue weighted by molar-refractivity contribution is 0.284. The molecule has 5 heteroatoms. The molecule has 1 aromatic heterocycles. The normalized spacial score (nSPS) is 10.7. The van der Waals surface area contributed by atoms with Crippen LogP contribution in [-0.2, 0) is 13.0 Å². The lowest BCUT2D eigenvalue weighted by atomic mass is 10.1. The van der Waals surface area contributed by atoms with Crippen molar-refractivity contribution in [2.75, 3.05) is 6.54 Å². The van der Waals surface area contributed by atoms with E-state index in [0.717, 1.165) is 12.2 Å². The Hall–Kier alpha value is -1.88. The van der Waals surface area contributed by atoms with Crippen LogP contribution < -0.4 is 10.5 Å². The van der Waals surface area contributed by atoms with Gasteiger partial charge in [0, 0.05) is 6.42 Å². The third-order valence-electron chi connectivity index (χ3n) is 2.67. The fourth-order valence-corrected chi connectivity index (χ4v) is 1.87. The fraction of sp³-hybridized carbons (Fsp3) is 0.429. The highest BCUT2D eigenvalue weighted by atomic mass is 16.5. The maximum atomic E-state index is 5.66. The SMILES string of the molecule is Cc1cc(C)cc(OCc2noc(CCCN)n2)c1. The second-order valence-electron chi connectivity index (χ2n) is 4.61. The van der Waals surface area contributed by atoms with E-state index in [0.29, 0.717) is 31.3 Å². The lowest BCUT2D eigenvalue weighted by Crippen LogP contribution is -2.01. The second-order valence-corrected chi connectivity index (χ2v) is 4.61. The van der Waals surface area contributed by atoms with Crippen LogP contribution in [0.4, 0.5) is 0 Å². The fourth-order valence-electron chi connectivity index (χ4n) is 1.87. The van der Waals surface area contributed by atoms with Crippen molar-refractivity contribution in [2.24, 2.45) is 5.73 Å². The molecule has 0 fully saturated rings. The summed E-state index contributed by atoms with van der Waals surface area (Å²) in [4.78, 5) is 4.25. The first-order chi connectivity index (χ1) is 9.17. The topological polar surface area (TPSA) is 74.2 Å². The van der Waals surface area contributed by atoms with Gasteiger partial charge in [-0.25, -0.2) is 0 Å². The number of aromatic nitrogens is 2. The van der Waals surface area contributed by atoms with Crippen LogP contribution in [-0.4, -0.2) is 16.7 Å². The predicted octanol–water partition coefficient (Wildman–Crippen LogP) is 2.16. The summed E-state index contributed by atoms with van der Waals surface area (Å²) in [6.45, 7) is 5.02. The molecule has 0 atom stereocenters. The summed E-state index contributed by atoms with van der Waals surface area (Å²) < 4.78 is 10.8. The van der Waals surface area contributed by atoms with Gasteiger partial charge in [-0.2, -0.15) is 4.98 Å². The van der Waals surface area contributed by atoms with E-state index < -0.39 is 0 Å². The first-order valence-corrected chi connectivity index (χ1v) is 6.40. The average molecular weight is 261 g/mol. The highest BCUT2D eigenvalue weighted by Gasteiger charge is 2.06. The van der Waals surface area contributed by atoms with Crippen LogP contribution in [0.2, 0.25) is 0 Å². The van der Waals surface area contributed by atoms with E-state index in [9.17, 15) is 0 Å². The standard InChI is InChI=1S/C14H19N3O2/c1-10-6-11(2)8-12(7-10)18-9-13-16-14(19-17-13)4-3-5-15/h6-8H,3-5,9,15H2,1-2H3. The van der Waals surface area contributed by atoms with Crippen molar-refractivity contribution in [3.05, 3.63) is 41.0 Å². The third kappa shape index (κ3) is 4.06. The Kier molecular flexibility index (Phi) is 4.52. The summed E-state index contributed by atoms with van der Waals surface area (Å²) in [6, 6.07) is 6.08. The molecular formula is C14H19N3O2. The molecule has 0 aliphatic carbocycles. The largest absolute Gasteiger partial charge is 0.485 e. The third-order valence-corrected chi connectivity index (χ3v) is 2.67. The van der Waals surface area contributed by atoms with Crippen LogP contribution in [0.1, 0.15) is 29.3 Å². The molecule has 1 heterocycles. The number of hydrogen-bond donors (Lipinski definition) is 1. The van der Waals surface area contributed by atoms with Crippen LogP contribution in [0.5, 0.6) is 5.75 Å². The lowest BCUT2D eigenvalue weighted by Gasteiger charge is -2.05. The average Bonchev–Trinajstić information content (AvgIpc) is 2.81. The molecule has 2 N–H and O–H groups in total. The molecule has 0 saturated heterocycles. The molecule has 0 amide bonds. The summed E-state index contributed by atoms with van der Waals surface area (Å²) in [6.07, 6.45) is 1.56. The van der Waals surface area contributed by atoms with E-state index in [1.165, 1.54) is 11.1 Å². The molecule has 2 aromatic rings. The summed E-state index contributed by atoms with van der Waals surface area (Å²) in [7, 11) is 0. The number of benzene rings is 1. The van der Waals surface area contributed by atoms with Crippen molar-refractivity contribution < 1.29 is 9.26 Å². The van der Waals surface area contributed by atoms with Crippen LogP contribution in [0.3, 0.4) is 0 Å². The minimum absolute atomic E-state index is 0.315. The summed E-state index contributed by atoms with van der Waals surface area (Å²) >= 11 is 0. The highest BCUT2D eigenvalue weighted by molar-refractivity contribution is 5.32. The molecule has 19 heavy (non-hydrogen) atoms. The zero-order valence-corrected chi connectivity index (χ0v) is 11.3. The van der Waals surface area contributed by atoms with Gasteiger partial charge in [0.15, 0.2) is 6.61 Å². The van der Waals surface area contributed by atoms with Crippen molar-refractivity contribution in [2.45, 2.75) is 33.3 Å². The van der Waals surface area contributed by atoms with E-state index in [1.54, 1.807) is 0 Å². The van der Waals surface area contributed by atoms with Crippen molar-refractivity contribution in [1.82, 2.24) is 10.1 Å². The van der Waals surface area contributed by atoms with Crippen LogP contribution >= 0.6 is 0 Å². The molecule has 0 spiro atoms. The molecular weight excluding hydrogens is 242 g/mol. The molecule has 0 aliphatic heterocycles. The minimum Gasteiger partial charge on any atom is -0.485 e. The van der Waals surface area contributed by atoms with Gasteiger partial charge < -0.3 is 15.0 Å². The Labute approximate surface area is 112 Å². The van der Waals surface area contributed by atoms with E-state index in [1.807, 2.05) is 26.0 Å². The molecule has 5 nitrogen and oxygen atoms in total. The molecule has 0 saturated carbocycles. The van der Waals surface area contributed by atoms with Gasteiger partial charge in [0.1, 0.15) is 5.75 Å². The van der Waals surface area contributed by atoms with E-state index in [2.05, 4.69) is 16.2 Å². The first kappa shape index (κ1) is 13.5. The van der Waals surface area contributed by atoms with Gasteiger partial charge in [-0.15, -0.1) is 0 Å². The van der Waals surface area contributed by atoms with Crippen LogP contribution in [0, 0.1) is 13.8 Å². The highest BCUT2D eigenvalue weighted by Crippen LogP contribution is 2.17. The summed E-state index contributed by atoms with van der Waals surface area (Å²) in [5, 5.41) is 3.88.